The summed E-state index contributed by atoms with van der Waals surface area (Å²) in [7, 11) is 1.31. The standard InChI is InChI=1S/C12H12F2O5/c1-17-8-4-7(12(13,14)6-10(15)16)5-9-11(8)19-3-2-18-9/h4-5H,2-3,6H2,1H3,(H,15,16). The third kappa shape index (κ3) is 2.69. The lowest BCUT2D eigenvalue weighted by molar-refractivity contribution is -0.145. The van der Waals surface area contributed by atoms with Crippen LogP contribution in [0.15, 0.2) is 12.1 Å². The third-order valence-corrected chi connectivity index (χ3v) is 2.62. The second kappa shape index (κ2) is 4.91. The Hall–Kier alpha value is -2.05. The van der Waals surface area contributed by atoms with Crippen LogP contribution in [0.25, 0.3) is 0 Å². The van der Waals surface area contributed by atoms with Gasteiger partial charge in [0.15, 0.2) is 11.5 Å². The highest BCUT2D eigenvalue weighted by Crippen LogP contribution is 2.44. The molecule has 0 spiro atoms. The van der Waals surface area contributed by atoms with Crippen LogP contribution in [-0.4, -0.2) is 31.4 Å². The Morgan fingerprint density at radius 2 is 2.11 bits per heavy atom. The molecule has 1 aromatic rings. The second-order valence-corrected chi connectivity index (χ2v) is 3.98. The topological polar surface area (TPSA) is 65.0 Å². The van der Waals surface area contributed by atoms with Crippen LogP contribution in [0.2, 0.25) is 0 Å². The van der Waals surface area contributed by atoms with E-state index in [1.165, 1.54) is 7.11 Å². The van der Waals surface area contributed by atoms with E-state index >= 15 is 0 Å². The minimum Gasteiger partial charge on any atom is -0.493 e. The molecular formula is C12H12F2O5. The average molecular weight is 274 g/mol. The molecule has 1 heterocycles. The zero-order valence-electron chi connectivity index (χ0n) is 10.1. The Bertz CT molecular complexity index is 484. The van der Waals surface area contributed by atoms with Crippen LogP contribution < -0.4 is 14.2 Å². The highest BCUT2D eigenvalue weighted by Gasteiger charge is 2.37. The van der Waals surface area contributed by atoms with Crippen LogP contribution in [0.4, 0.5) is 8.78 Å². The predicted molar refractivity (Wildman–Crippen MR) is 60.1 cm³/mol. The molecule has 0 radical (unpaired) electrons. The van der Waals surface area contributed by atoms with Gasteiger partial charge in [-0.2, -0.15) is 0 Å². The summed E-state index contributed by atoms with van der Waals surface area (Å²) in [5, 5.41) is 8.51. The summed E-state index contributed by atoms with van der Waals surface area (Å²) in [6.07, 6.45) is -1.30. The summed E-state index contributed by atoms with van der Waals surface area (Å²) in [5.41, 5.74) is -0.476. The predicted octanol–water partition coefficient (Wildman–Crippen LogP) is 2.03. The molecule has 1 aliphatic rings. The third-order valence-electron chi connectivity index (χ3n) is 2.62. The van der Waals surface area contributed by atoms with Gasteiger partial charge in [-0.15, -0.1) is 0 Å². The quantitative estimate of drug-likeness (QED) is 0.910. The fourth-order valence-electron chi connectivity index (χ4n) is 1.78. The molecular weight excluding hydrogens is 262 g/mol. The van der Waals surface area contributed by atoms with Crippen LogP contribution in [-0.2, 0) is 10.7 Å². The molecule has 0 fully saturated rings. The van der Waals surface area contributed by atoms with E-state index in [1.54, 1.807) is 0 Å². The minimum absolute atomic E-state index is 0.0947. The van der Waals surface area contributed by atoms with Crippen LogP contribution in [0.5, 0.6) is 17.2 Å². The largest absolute Gasteiger partial charge is 0.493 e. The summed E-state index contributed by atoms with van der Waals surface area (Å²) in [6, 6.07) is 2.15. The molecule has 0 unspecified atom stereocenters. The molecule has 104 valence electrons. The molecule has 0 amide bonds. The number of aliphatic carboxylic acids is 1. The maximum absolute atomic E-state index is 13.8. The Kier molecular flexibility index (Phi) is 3.46. The molecule has 0 atom stereocenters. The fourth-order valence-corrected chi connectivity index (χ4v) is 1.78. The minimum atomic E-state index is -3.51. The highest BCUT2D eigenvalue weighted by atomic mass is 19.3. The number of alkyl halides is 2. The van der Waals surface area contributed by atoms with Crippen LogP contribution >= 0.6 is 0 Å². The Morgan fingerprint density at radius 1 is 1.42 bits per heavy atom. The summed E-state index contributed by atoms with van der Waals surface area (Å²) >= 11 is 0. The van der Waals surface area contributed by atoms with Gasteiger partial charge in [0.2, 0.25) is 5.75 Å². The number of carboxylic acid groups (broad SMARTS) is 1. The van der Waals surface area contributed by atoms with Crippen molar-refractivity contribution < 1.29 is 32.9 Å². The van der Waals surface area contributed by atoms with Gasteiger partial charge in [0.25, 0.3) is 5.92 Å². The van der Waals surface area contributed by atoms with Crippen molar-refractivity contribution in [3.8, 4) is 17.2 Å². The van der Waals surface area contributed by atoms with E-state index in [-0.39, 0.29) is 23.9 Å². The van der Waals surface area contributed by atoms with Gasteiger partial charge in [-0.1, -0.05) is 0 Å². The van der Waals surface area contributed by atoms with Crippen molar-refractivity contribution in [3.63, 3.8) is 0 Å². The number of methoxy groups -OCH3 is 1. The number of halogens is 2. The molecule has 0 aromatic heterocycles. The number of rotatable bonds is 4. The number of benzene rings is 1. The normalized spacial score (nSPS) is 14.1. The molecule has 0 bridgehead atoms. The van der Waals surface area contributed by atoms with Crippen molar-refractivity contribution in [1.82, 2.24) is 0 Å². The molecule has 0 saturated carbocycles. The number of hydrogen-bond donors (Lipinski definition) is 1. The van der Waals surface area contributed by atoms with E-state index in [9.17, 15) is 13.6 Å². The van der Waals surface area contributed by atoms with E-state index in [1.807, 2.05) is 0 Å². The van der Waals surface area contributed by atoms with E-state index in [2.05, 4.69) is 0 Å². The summed E-state index contributed by atoms with van der Waals surface area (Å²) in [5.74, 6) is -4.61. The average Bonchev–Trinajstić information content (AvgIpc) is 2.35. The number of carboxylic acids is 1. The van der Waals surface area contributed by atoms with Crippen LogP contribution in [0, 0.1) is 0 Å². The van der Waals surface area contributed by atoms with Gasteiger partial charge in [-0.05, 0) is 12.1 Å². The lowest BCUT2D eigenvalue weighted by Gasteiger charge is -2.23. The fraction of sp³-hybridized carbons (Fsp3) is 0.417. The number of hydrogen-bond acceptors (Lipinski definition) is 4. The SMILES string of the molecule is COc1cc(C(F)(F)CC(=O)O)cc2c1OCCO2. The molecule has 5 nitrogen and oxygen atoms in total. The van der Waals surface area contributed by atoms with Gasteiger partial charge < -0.3 is 19.3 Å². The molecule has 1 aromatic carbocycles. The molecule has 1 aliphatic heterocycles. The van der Waals surface area contributed by atoms with Gasteiger partial charge in [0, 0.05) is 5.56 Å². The zero-order valence-corrected chi connectivity index (χ0v) is 10.1. The maximum atomic E-state index is 13.8. The first kappa shape index (κ1) is 13.4. The van der Waals surface area contributed by atoms with Crippen molar-refractivity contribution >= 4 is 5.97 Å². The molecule has 7 heteroatoms. The molecule has 0 aliphatic carbocycles. The first-order valence-corrected chi connectivity index (χ1v) is 5.52. The number of carbonyl (C=O) groups is 1. The smallest absolute Gasteiger partial charge is 0.309 e. The lowest BCUT2D eigenvalue weighted by atomic mass is 10.0. The van der Waals surface area contributed by atoms with Gasteiger partial charge >= 0.3 is 5.97 Å². The molecule has 1 N–H and O–H groups in total. The van der Waals surface area contributed by atoms with E-state index in [0.717, 1.165) is 12.1 Å². The molecule has 0 saturated heterocycles. The Morgan fingerprint density at radius 3 is 2.74 bits per heavy atom. The summed E-state index contributed by atoms with van der Waals surface area (Å²) in [6.45, 7) is 0.540. The number of fused-ring (bicyclic) bond motifs is 1. The van der Waals surface area contributed by atoms with Crippen molar-refractivity contribution in [2.24, 2.45) is 0 Å². The van der Waals surface area contributed by atoms with Crippen molar-refractivity contribution in [3.05, 3.63) is 17.7 Å². The molecule has 19 heavy (non-hydrogen) atoms. The van der Waals surface area contributed by atoms with Gasteiger partial charge in [0.1, 0.15) is 19.6 Å². The first-order valence-electron chi connectivity index (χ1n) is 5.52. The monoisotopic (exact) mass is 274 g/mol. The summed E-state index contributed by atoms with van der Waals surface area (Å²) < 4.78 is 43.0. The van der Waals surface area contributed by atoms with E-state index < -0.39 is 23.9 Å². The number of ether oxygens (including phenoxy) is 3. The van der Waals surface area contributed by atoms with E-state index in [4.69, 9.17) is 19.3 Å². The van der Waals surface area contributed by atoms with Crippen molar-refractivity contribution in [2.45, 2.75) is 12.3 Å². The van der Waals surface area contributed by atoms with Crippen LogP contribution in [0.3, 0.4) is 0 Å². The van der Waals surface area contributed by atoms with Crippen LogP contribution in [0.1, 0.15) is 12.0 Å². The summed E-state index contributed by atoms with van der Waals surface area (Å²) in [4.78, 5) is 10.5. The van der Waals surface area contributed by atoms with Crippen molar-refractivity contribution in [1.29, 1.82) is 0 Å². The highest BCUT2D eigenvalue weighted by molar-refractivity contribution is 5.68. The van der Waals surface area contributed by atoms with E-state index in [0.29, 0.717) is 6.61 Å². The zero-order chi connectivity index (χ0) is 14.0. The maximum Gasteiger partial charge on any atom is 0.309 e. The lowest BCUT2D eigenvalue weighted by Crippen LogP contribution is -2.21. The van der Waals surface area contributed by atoms with Gasteiger partial charge in [-0.25, -0.2) is 8.78 Å². The van der Waals surface area contributed by atoms with Gasteiger partial charge in [-0.3, -0.25) is 4.79 Å². The second-order valence-electron chi connectivity index (χ2n) is 3.98. The first-order chi connectivity index (χ1) is 8.94. The molecule has 2 rings (SSSR count). The van der Waals surface area contributed by atoms with Gasteiger partial charge in [0.05, 0.1) is 7.11 Å². The van der Waals surface area contributed by atoms with Crippen molar-refractivity contribution in [2.75, 3.05) is 20.3 Å². The Labute approximate surface area is 107 Å². The Balaban J connectivity index is 2.44.